The van der Waals surface area contributed by atoms with Crippen molar-refractivity contribution >= 4 is 17.9 Å². The van der Waals surface area contributed by atoms with Crippen molar-refractivity contribution in [1.82, 2.24) is 0 Å². The smallest absolute Gasteiger partial charge is 0.306 e. The molecule has 1 atom stereocenters. The standard InChI is InChI=1S/C50H84O6/c1-4-7-10-13-16-19-22-24-26-28-31-34-37-40-43-49(52)55-46-47(45-54-48(51)42-39-36-33-30-27-21-18-15-12-9-6-3)56-50(53)44-41-38-35-32-29-25-23-20-17-14-11-8-5-2/h7-8,10-11,14-20,23,47H,4-6,9,12-13,21-22,24-46H2,1-3H3/b10-7-,11-8-,17-14-,18-15-,19-16-,23-20-. The van der Waals surface area contributed by atoms with E-state index in [2.05, 4.69) is 93.7 Å². The van der Waals surface area contributed by atoms with Crippen LogP contribution in [-0.4, -0.2) is 37.2 Å². The number of allylic oxidation sites excluding steroid dienone is 12. The lowest BCUT2D eigenvalue weighted by Gasteiger charge is -2.18. The first kappa shape index (κ1) is 52.9. The van der Waals surface area contributed by atoms with E-state index in [4.69, 9.17) is 14.2 Å². The maximum Gasteiger partial charge on any atom is 0.306 e. The van der Waals surface area contributed by atoms with Gasteiger partial charge in [0.15, 0.2) is 6.10 Å². The lowest BCUT2D eigenvalue weighted by molar-refractivity contribution is -0.167. The van der Waals surface area contributed by atoms with Crippen LogP contribution in [0.4, 0.5) is 0 Å². The van der Waals surface area contributed by atoms with Crippen LogP contribution in [0.25, 0.3) is 0 Å². The summed E-state index contributed by atoms with van der Waals surface area (Å²) in [5, 5.41) is 0. The van der Waals surface area contributed by atoms with Gasteiger partial charge in [0.25, 0.3) is 0 Å². The van der Waals surface area contributed by atoms with Crippen LogP contribution in [0.1, 0.15) is 207 Å². The Bertz CT molecular complexity index is 1080. The van der Waals surface area contributed by atoms with E-state index in [-0.39, 0.29) is 31.1 Å². The number of esters is 3. The van der Waals surface area contributed by atoms with Gasteiger partial charge in [-0.15, -0.1) is 0 Å². The second-order valence-corrected chi connectivity index (χ2v) is 15.0. The van der Waals surface area contributed by atoms with Gasteiger partial charge in [0.05, 0.1) is 0 Å². The summed E-state index contributed by atoms with van der Waals surface area (Å²) >= 11 is 0. The van der Waals surface area contributed by atoms with Crippen molar-refractivity contribution in [3.63, 3.8) is 0 Å². The molecule has 0 aromatic rings. The molecule has 0 aromatic heterocycles. The molecule has 0 rings (SSSR count). The number of carbonyl (C=O) groups is 3. The predicted molar refractivity (Wildman–Crippen MR) is 238 cm³/mol. The molecule has 6 nitrogen and oxygen atoms in total. The Hall–Kier alpha value is -3.15. The molecule has 0 aliphatic heterocycles. The molecule has 0 amide bonds. The van der Waals surface area contributed by atoms with E-state index in [1.807, 2.05) is 0 Å². The Labute approximate surface area is 344 Å². The van der Waals surface area contributed by atoms with Gasteiger partial charge in [0.2, 0.25) is 0 Å². The monoisotopic (exact) mass is 781 g/mol. The minimum absolute atomic E-state index is 0.0916. The molecule has 0 saturated carbocycles. The molecular formula is C50H84O6. The Balaban J connectivity index is 4.43. The van der Waals surface area contributed by atoms with Gasteiger partial charge in [0.1, 0.15) is 13.2 Å². The minimum Gasteiger partial charge on any atom is -0.462 e. The van der Waals surface area contributed by atoms with Crippen LogP contribution in [0.15, 0.2) is 72.9 Å². The van der Waals surface area contributed by atoms with Crippen LogP contribution >= 0.6 is 0 Å². The summed E-state index contributed by atoms with van der Waals surface area (Å²) in [5.74, 6) is -0.936. The van der Waals surface area contributed by atoms with Crippen LogP contribution in [0.5, 0.6) is 0 Å². The topological polar surface area (TPSA) is 78.9 Å². The summed E-state index contributed by atoms with van der Waals surface area (Å²) in [6.45, 7) is 6.31. The Morgan fingerprint density at radius 3 is 1.29 bits per heavy atom. The van der Waals surface area contributed by atoms with Crippen molar-refractivity contribution in [3.05, 3.63) is 72.9 Å². The number of unbranched alkanes of at least 4 members (excludes halogenated alkanes) is 19. The average Bonchev–Trinajstić information content (AvgIpc) is 3.19. The molecule has 0 saturated heterocycles. The molecule has 0 aliphatic carbocycles. The van der Waals surface area contributed by atoms with Crippen LogP contribution in [0.3, 0.4) is 0 Å². The third-order valence-electron chi connectivity index (χ3n) is 9.49. The highest BCUT2D eigenvalue weighted by Crippen LogP contribution is 2.13. The molecule has 6 heteroatoms. The summed E-state index contributed by atoms with van der Waals surface area (Å²) in [6, 6.07) is 0. The average molecular weight is 781 g/mol. The number of ether oxygens (including phenoxy) is 3. The van der Waals surface area contributed by atoms with Crippen molar-refractivity contribution in [1.29, 1.82) is 0 Å². The third-order valence-corrected chi connectivity index (χ3v) is 9.49. The lowest BCUT2D eigenvalue weighted by atomic mass is 10.1. The molecule has 0 aromatic carbocycles. The summed E-state index contributed by atoms with van der Waals surface area (Å²) in [6.07, 6.45) is 54.5. The van der Waals surface area contributed by atoms with E-state index in [1.165, 1.54) is 57.8 Å². The van der Waals surface area contributed by atoms with Gasteiger partial charge in [-0.2, -0.15) is 0 Å². The van der Waals surface area contributed by atoms with E-state index >= 15 is 0 Å². The third kappa shape index (κ3) is 42.0. The van der Waals surface area contributed by atoms with Crippen molar-refractivity contribution in [2.24, 2.45) is 0 Å². The number of rotatable bonds is 40. The highest BCUT2D eigenvalue weighted by molar-refractivity contribution is 5.71. The summed E-state index contributed by atoms with van der Waals surface area (Å²) < 4.78 is 16.7. The van der Waals surface area contributed by atoms with Crippen LogP contribution in [0, 0.1) is 0 Å². The van der Waals surface area contributed by atoms with Gasteiger partial charge >= 0.3 is 17.9 Å². The zero-order chi connectivity index (χ0) is 40.8. The van der Waals surface area contributed by atoms with E-state index in [0.29, 0.717) is 19.3 Å². The van der Waals surface area contributed by atoms with E-state index in [0.717, 1.165) is 109 Å². The van der Waals surface area contributed by atoms with E-state index in [1.54, 1.807) is 0 Å². The van der Waals surface area contributed by atoms with Gasteiger partial charge in [0, 0.05) is 19.3 Å². The highest BCUT2D eigenvalue weighted by Gasteiger charge is 2.19. The Morgan fingerprint density at radius 2 is 0.786 bits per heavy atom. The minimum atomic E-state index is -0.790. The van der Waals surface area contributed by atoms with Crippen LogP contribution in [0.2, 0.25) is 0 Å². The van der Waals surface area contributed by atoms with Crippen LogP contribution < -0.4 is 0 Å². The first-order valence-corrected chi connectivity index (χ1v) is 23.0. The number of hydrogen-bond donors (Lipinski definition) is 0. The lowest BCUT2D eigenvalue weighted by Crippen LogP contribution is -2.30. The molecule has 0 heterocycles. The van der Waals surface area contributed by atoms with Crippen molar-refractivity contribution in [2.75, 3.05) is 13.2 Å². The van der Waals surface area contributed by atoms with Crippen molar-refractivity contribution in [2.45, 2.75) is 213 Å². The molecule has 320 valence electrons. The van der Waals surface area contributed by atoms with Gasteiger partial charge in [-0.3, -0.25) is 14.4 Å². The fourth-order valence-electron chi connectivity index (χ4n) is 6.05. The first-order chi connectivity index (χ1) is 27.5. The predicted octanol–water partition coefficient (Wildman–Crippen LogP) is 14.7. The van der Waals surface area contributed by atoms with Crippen molar-refractivity contribution < 1.29 is 28.6 Å². The quantitative estimate of drug-likeness (QED) is 0.0203. The normalized spacial score (nSPS) is 12.7. The van der Waals surface area contributed by atoms with Gasteiger partial charge in [-0.25, -0.2) is 0 Å². The van der Waals surface area contributed by atoms with E-state index in [9.17, 15) is 14.4 Å². The maximum atomic E-state index is 12.7. The highest BCUT2D eigenvalue weighted by atomic mass is 16.6. The molecule has 56 heavy (non-hydrogen) atoms. The second kappa shape index (κ2) is 44.6. The molecule has 0 radical (unpaired) electrons. The summed E-state index contributed by atoms with van der Waals surface area (Å²) in [7, 11) is 0. The molecule has 0 N–H and O–H groups in total. The molecule has 1 unspecified atom stereocenters. The largest absolute Gasteiger partial charge is 0.462 e. The van der Waals surface area contributed by atoms with Gasteiger partial charge < -0.3 is 14.2 Å². The summed E-state index contributed by atoms with van der Waals surface area (Å²) in [5.41, 5.74) is 0. The summed E-state index contributed by atoms with van der Waals surface area (Å²) in [4.78, 5) is 37.8. The Morgan fingerprint density at radius 1 is 0.393 bits per heavy atom. The molecule has 0 fully saturated rings. The number of carbonyl (C=O) groups excluding carboxylic acids is 3. The van der Waals surface area contributed by atoms with E-state index < -0.39 is 6.10 Å². The molecule has 0 spiro atoms. The Kier molecular flexibility index (Phi) is 42.1. The zero-order valence-corrected chi connectivity index (χ0v) is 36.4. The van der Waals surface area contributed by atoms with Gasteiger partial charge in [-0.1, -0.05) is 177 Å². The first-order valence-electron chi connectivity index (χ1n) is 23.0. The molecule has 0 aliphatic rings. The molecular weight excluding hydrogens is 697 g/mol. The SMILES string of the molecule is CC\C=C/C=C\C=C/CCCCCCCC(=O)OC(COC(=O)CCCCCCC/C=C\CCCC)COC(=O)CCCCCCCCC/C=C\C/C=C\CC. The van der Waals surface area contributed by atoms with Crippen LogP contribution in [-0.2, 0) is 28.6 Å². The maximum absolute atomic E-state index is 12.7. The second-order valence-electron chi connectivity index (χ2n) is 15.0. The molecule has 0 bridgehead atoms. The fraction of sp³-hybridized carbons (Fsp3) is 0.700. The van der Waals surface area contributed by atoms with Gasteiger partial charge in [-0.05, 0) is 83.5 Å². The number of hydrogen-bond acceptors (Lipinski definition) is 6. The van der Waals surface area contributed by atoms with Crippen molar-refractivity contribution in [3.8, 4) is 0 Å². The zero-order valence-electron chi connectivity index (χ0n) is 36.4. The fourth-order valence-corrected chi connectivity index (χ4v) is 6.05.